The van der Waals surface area contributed by atoms with Crippen molar-refractivity contribution in [2.45, 2.75) is 27.7 Å². The molecule has 1 N–H and O–H groups in total. The number of esters is 3. The minimum Gasteiger partial charge on any atom is -0.462 e. The number of carbonyl (C=O) groups is 4. The molecular formula is C20H22N2O8S. The molecule has 1 amide bonds. The number of ether oxygens (including phenoxy) is 3. The van der Waals surface area contributed by atoms with Crippen molar-refractivity contribution in [3.05, 3.63) is 45.7 Å². The fourth-order valence-electron chi connectivity index (χ4n) is 2.59. The van der Waals surface area contributed by atoms with Gasteiger partial charge in [0.1, 0.15) is 27.8 Å². The van der Waals surface area contributed by atoms with Crippen LogP contribution in [0.3, 0.4) is 0 Å². The number of aromatic nitrogens is 1. The van der Waals surface area contributed by atoms with Gasteiger partial charge >= 0.3 is 17.9 Å². The van der Waals surface area contributed by atoms with E-state index >= 15 is 0 Å². The first-order chi connectivity index (χ1) is 14.7. The Morgan fingerprint density at radius 3 is 2.32 bits per heavy atom. The number of nitrogens with one attached hydrogen (secondary N) is 1. The molecular weight excluding hydrogens is 428 g/mol. The van der Waals surface area contributed by atoms with E-state index < -0.39 is 30.4 Å². The van der Waals surface area contributed by atoms with Gasteiger partial charge in [0.2, 0.25) is 0 Å². The second-order valence-electron chi connectivity index (χ2n) is 6.19. The van der Waals surface area contributed by atoms with Gasteiger partial charge in [-0.3, -0.25) is 4.79 Å². The van der Waals surface area contributed by atoms with Gasteiger partial charge in [-0.2, -0.15) is 0 Å². The Morgan fingerprint density at radius 1 is 1.06 bits per heavy atom. The summed E-state index contributed by atoms with van der Waals surface area (Å²) < 4.78 is 19.9. The summed E-state index contributed by atoms with van der Waals surface area (Å²) in [6.45, 7) is 9.23. The molecule has 10 nitrogen and oxygen atoms in total. The zero-order chi connectivity index (χ0) is 23.1. The molecule has 0 radical (unpaired) electrons. The normalized spacial score (nSPS) is 10.3. The zero-order valence-corrected chi connectivity index (χ0v) is 18.3. The van der Waals surface area contributed by atoms with Gasteiger partial charge in [-0.15, -0.1) is 11.3 Å². The summed E-state index contributed by atoms with van der Waals surface area (Å²) in [5.41, 5.74) is 0.812. The fraction of sp³-hybridized carbons (Fsp3) is 0.350. The Kier molecular flexibility index (Phi) is 8.08. The molecule has 0 saturated carbocycles. The maximum atomic E-state index is 12.4. The second-order valence-corrected chi connectivity index (χ2v) is 7.21. The number of carbonyl (C=O) groups excluding carboxylic acids is 4. The largest absolute Gasteiger partial charge is 0.462 e. The molecule has 2 rings (SSSR count). The molecule has 0 aliphatic carbocycles. The molecule has 0 atom stereocenters. The van der Waals surface area contributed by atoms with Gasteiger partial charge in [-0.05, 0) is 33.3 Å². The molecule has 2 aromatic rings. The number of hydrogen-bond acceptors (Lipinski definition) is 10. The van der Waals surface area contributed by atoms with Crippen LogP contribution in [0.15, 0.2) is 17.2 Å². The van der Waals surface area contributed by atoms with Crippen molar-refractivity contribution >= 4 is 40.2 Å². The maximum Gasteiger partial charge on any atom is 0.348 e. The summed E-state index contributed by atoms with van der Waals surface area (Å²) in [5.74, 6) is -2.59. The summed E-state index contributed by atoms with van der Waals surface area (Å²) in [6, 6.07) is 0. The predicted octanol–water partition coefficient (Wildman–Crippen LogP) is 2.98. The lowest BCUT2D eigenvalue weighted by atomic mass is 10.1. The van der Waals surface area contributed by atoms with Crippen LogP contribution in [0.5, 0.6) is 0 Å². The lowest BCUT2D eigenvalue weighted by Gasteiger charge is -2.08. The highest BCUT2D eigenvalue weighted by Crippen LogP contribution is 2.34. The number of amides is 1. The monoisotopic (exact) mass is 450 g/mol. The Bertz CT molecular complexity index is 1000. The molecule has 2 aromatic heterocycles. The average Bonchev–Trinajstić information content (AvgIpc) is 3.23. The smallest absolute Gasteiger partial charge is 0.348 e. The number of rotatable bonds is 9. The molecule has 0 fully saturated rings. The van der Waals surface area contributed by atoms with Crippen molar-refractivity contribution in [1.82, 2.24) is 5.16 Å². The maximum absolute atomic E-state index is 12.4. The van der Waals surface area contributed by atoms with Gasteiger partial charge in [-0.25, -0.2) is 14.4 Å². The van der Waals surface area contributed by atoms with Gasteiger partial charge in [0.05, 0.1) is 17.9 Å². The third-order valence-electron chi connectivity index (χ3n) is 3.97. The van der Waals surface area contributed by atoms with Gasteiger partial charge in [0, 0.05) is 0 Å². The topological polar surface area (TPSA) is 134 Å². The van der Waals surface area contributed by atoms with Crippen LogP contribution in [0.2, 0.25) is 0 Å². The van der Waals surface area contributed by atoms with Crippen molar-refractivity contribution in [3.63, 3.8) is 0 Å². The average molecular weight is 450 g/mol. The van der Waals surface area contributed by atoms with Crippen LogP contribution in [-0.4, -0.2) is 48.8 Å². The van der Waals surface area contributed by atoms with E-state index in [1.807, 2.05) is 0 Å². The molecule has 166 valence electrons. The molecule has 0 aliphatic heterocycles. The number of aryl methyl sites for hydroxylation is 2. The van der Waals surface area contributed by atoms with Gasteiger partial charge in [0.25, 0.3) is 5.91 Å². The molecule has 0 bridgehead atoms. The van der Waals surface area contributed by atoms with E-state index in [4.69, 9.17) is 18.7 Å². The first-order valence-electron chi connectivity index (χ1n) is 9.19. The highest BCUT2D eigenvalue weighted by Gasteiger charge is 2.28. The van der Waals surface area contributed by atoms with Crippen molar-refractivity contribution in [3.8, 4) is 0 Å². The minimum atomic E-state index is -0.770. The fourth-order valence-corrected chi connectivity index (χ4v) is 3.69. The zero-order valence-electron chi connectivity index (χ0n) is 17.5. The molecule has 0 spiro atoms. The lowest BCUT2D eigenvalue weighted by molar-refractivity contribution is -0.119. The van der Waals surface area contributed by atoms with E-state index in [2.05, 4.69) is 17.1 Å². The van der Waals surface area contributed by atoms with Crippen LogP contribution in [0, 0.1) is 20.8 Å². The molecule has 0 unspecified atom stereocenters. The van der Waals surface area contributed by atoms with Gasteiger partial charge in [0.15, 0.2) is 6.61 Å². The van der Waals surface area contributed by atoms with Crippen molar-refractivity contribution in [2.75, 3.05) is 25.1 Å². The van der Waals surface area contributed by atoms with E-state index in [1.165, 1.54) is 6.08 Å². The summed E-state index contributed by atoms with van der Waals surface area (Å²) in [5, 5.41) is 6.22. The van der Waals surface area contributed by atoms with E-state index in [0.717, 1.165) is 11.3 Å². The number of hydrogen-bond donors (Lipinski definition) is 1. The summed E-state index contributed by atoms with van der Waals surface area (Å²) in [7, 11) is 0. The van der Waals surface area contributed by atoms with E-state index in [9.17, 15) is 19.2 Å². The Balaban J connectivity index is 2.18. The van der Waals surface area contributed by atoms with Crippen LogP contribution in [0.1, 0.15) is 54.3 Å². The van der Waals surface area contributed by atoms with Crippen molar-refractivity contribution in [2.24, 2.45) is 0 Å². The van der Waals surface area contributed by atoms with Crippen LogP contribution < -0.4 is 5.32 Å². The quantitative estimate of drug-likeness (QED) is 0.347. The SMILES string of the molecule is C=CCOC(=O)c1sc(NC(=O)COC(=O)c2c(C)noc2C)c(C(=O)OCC)c1C. The molecule has 2 heterocycles. The summed E-state index contributed by atoms with van der Waals surface area (Å²) in [6.07, 6.45) is 1.41. The Morgan fingerprint density at radius 2 is 1.74 bits per heavy atom. The lowest BCUT2D eigenvalue weighted by Crippen LogP contribution is -2.22. The highest BCUT2D eigenvalue weighted by molar-refractivity contribution is 7.18. The van der Waals surface area contributed by atoms with E-state index in [1.54, 1.807) is 27.7 Å². The van der Waals surface area contributed by atoms with Crippen molar-refractivity contribution in [1.29, 1.82) is 0 Å². The Labute approximate surface area is 182 Å². The van der Waals surface area contributed by atoms with Crippen LogP contribution in [0.4, 0.5) is 5.00 Å². The Hall–Kier alpha value is -3.47. The van der Waals surface area contributed by atoms with Crippen LogP contribution in [0.25, 0.3) is 0 Å². The van der Waals surface area contributed by atoms with Gasteiger partial charge in [-0.1, -0.05) is 17.8 Å². The van der Waals surface area contributed by atoms with Gasteiger partial charge < -0.3 is 24.1 Å². The second kappa shape index (κ2) is 10.5. The predicted molar refractivity (Wildman–Crippen MR) is 110 cm³/mol. The molecule has 0 aliphatic rings. The first-order valence-corrected chi connectivity index (χ1v) is 10.0. The third-order valence-corrected chi connectivity index (χ3v) is 5.16. The standard InChI is InChI=1S/C20H22N2O8S/c1-6-8-28-20(26)16-10(3)14(18(24)27-7-2)17(31-16)21-13(23)9-29-19(25)15-11(4)22-30-12(15)5/h6H,1,7-9H2,2-5H3,(H,21,23). The summed E-state index contributed by atoms with van der Waals surface area (Å²) >= 11 is 0.857. The molecule has 31 heavy (non-hydrogen) atoms. The minimum absolute atomic E-state index is 0.00966. The highest BCUT2D eigenvalue weighted by atomic mass is 32.1. The summed E-state index contributed by atoms with van der Waals surface area (Å²) in [4.78, 5) is 49.3. The van der Waals surface area contributed by atoms with Crippen LogP contribution >= 0.6 is 11.3 Å². The first kappa shape index (κ1) is 23.8. The van der Waals surface area contributed by atoms with Crippen LogP contribution in [-0.2, 0) is 19.0 Å². The number of anilines is 1. The van der Waals surface area contributed by atoms with Crippen molar-refractivity contribution < 1.29 is 37.9 Å². The van der Waals surface area contributed by atoms with E-state index in [0.29, 0.717) is 11.3 Å². The third kappa shape index (κ3) is 5.57. The molecule has 0 saturated heterocycles. The number of nitrogens with zero attached hydrogens (tertiary/aromatic N) is 1. The molecule has 0 aromatic carbocycles. The van der Waals surface area contributed by atoms with E-state index in [-0.39, 0.29) is 40.0 Å². The number of thiophene rings is 1. The molecule has 11 heteroatoms.